The van der Waals surface area contributed by atoms with E-state index >= 15 is 0 Å². The molecule has 4 nitrogen and oxygen atoms in total. The van der Waals surface area contributed by atoms with E-state index in [1.165, 1.54) is 0 Å². The Bertz CT molecular complexity index is 460. The molecular formula is C14H24NO3SSi-. The van der Waals surface area contributed by atoms with Crippen molar-refractivity contribution < 1.29 is 14.7 Å². The highest BCUT2D eigenvalue weighted by atomic mass is 32.1. The predicted octanol–water partition coefficient (Wildman–Crippen LogP) is 3.51. The monoisotopic (exact) mass is 314 g/mol. The number of hydrogen-bond acceptors (Lipinski definition) is 4. The van der Waals surface area contributed by atoms with E-state index < -0.39 is 19.8 Å². The zero-order valence-corrected chi connectivity index (χ0v) is 15.0. The number of hydroxylamine groups is 1. The first-order valence-corrected chi connectivity index (χ1v) is 11.3. The Balaban J connectivity index is 2.93. The number of aryl methyl sites for hydroxylation is 1. The van der Waals surface area contributed by atoms with Gasteiger partial charge < -0.3 is 9.90 Å². The van der Waals surface area contributed by atoms with Crippen LogP contribution in [0.1, 0.15) is 25.6 Å². The SMILES string of the molecule is CC(C)(C)ON(C(=O)[O-])c1ccsc1CC[Si](C)(C)C. The van der Waals surface area contributed by atoms with Crippen LogP contribution < -0.4 is 10.2 Å². The predicted molar refractivity (Wildman–Crippen MR) is 84.9 cm³/mol. The molecule has 20 heavy (non-hydrogen) atoms. The van der Waals surface area contributed by atoms with Crippen molar-refractivity contribution >= 4 is 31.2 Å². The molecule has 114 valence electrons. The van der Waals surface area contributed by atoms with Crippen LogP contribution in [-0.4, -0.2) is 19.8 Å². The van der Waals surface area contributed by atoms with E-state index in [0.29, 0.717) is 5.69 Å². The van der Waals surface area contributed by atoms with Crippen molar-refractivity contribution in [2.24, 2.45) is 0 Å². The Labute approximate surface area is 126 Å². The van der Waals surface area contributed by atoms with Gasteiger partial charge in [-0.15, -0.1) is 11.3 Å². The molecule has 0 bridgehead atoms. The summed E-state index contributed by atoms with van der Waals surface area (Å²) in [6, 6.07) is 2.91. The molecule has 0 saturated heterocycles. The molecular weight excluding hydrogens is 290 g/mol. The zero-order valence-electron chi connectivity index (χ0n) is 13.1. The molecule has 0 saturated carbocycles. The number of thiophene rings is 1. The summed E-state index contributed by atoms with van der Waals surface area (Å²) < 4.78 is 0. The first kappa shape index (κ1) is 17.2. The first-order chi connectivity index (χ1) is 8.99. The molecule has 1 heterocycles. The first-order valence-electron chi connectivity index (χ1n) is 6.76. The Hall–Kier alpha value is -0.853. The number of hydrogen-bond donors (Lipinski definition) is 0. The van der Waals surface area contributed by atoms with Gasteiger partial charge in [0.2, 0.25) is 0 Å². The molecule has 0 aliphatic rings. The van der Waals surface area contributed by atoms with Gasteiger partial charge in [-0.2, -0.15) is 0 Å². The fourth-order valence-corrected chi connectivity index (χ4v) is 3.68. The van der Waals surface area contributed by atoms with Gasteiger partial charge in [0.1, 0.15) is 0 Å². The van der Waals surface area contributed by atoms with Gasteiger partial charge in [-0.1, -0.05) is 25.7 Å². The van der Waals surface area contributed by atoms with Gasteiger partial charge >= 0.3 is 0 Å². The van der Waals surface area contributed by atoms with Crippen molar-refractivity contribution in [2.45, 2.75) is 58.5 Å². The molecule has 0 aromatic carbocycles. The molecule has 1 aromatic rings. The molecule has 6 heteroatoms. The van der Waals surface area contributed by atoms with Crippen LogP contribution in [0.4, 0.5) is 10.5 Å². The van der Waals surface area contributed by atoms with E-state index in [0.717, 1.165) is 22.4 Å². The number of anilines is 1. The number of carboxylic acid groups (broad SMARTS) is 1. The lowest BCUT2D eigenvalue weighted by molar-refractivity contribution is -0.258. The van der Waals surface area contributed by atoms with Crippen molar-refractivity contribution in [3.05, 3.63) is 16.3 Å². The van der Waals surface area contributed by atoms with Crippen LogP contribution >= 0.6 is 11.3 Å². The Kier molecular flexibility index (Phi) is 5.40. The number of rotatable bonds is 5. The summed E-state index contributed by atoms with van der Waals surface area (Å²) in [6.07, 6.45) is -0.437. The molecule has 1 amide bonds. The minimum atomic E-state index is -1.33. The molecule has 0 unspecified atom stereocenters. The Morgan fingerprint density at radius 2 is 2.00 bits per heavy atom. The van der Waals surface area contributed by atoms with E-state index in [1.54, 1.807) is 17.4 Å². The maximum Gasteiger partial charge on any atom is 0.168 e. The van der Waals surface area contributed by atoms with Gasteiger partial charge in [0.15, 0.2) is 6.09 Å². The number of carbonyl (C=O) groups is 1. The lowest BCUT2D eigenvalue weighted by Gasteiger charge is -2.31. The quantitative estimate of drug-likeness (QED) is 0.617. The van der Waals surface area contributed by atoms with Crippen LogP contribution in [0.2, 0.25) is 25.7 Å². The van der Waals surface area contributed by atoms with E-state index in [4.69, 9.17) is 4.84 Å². The summed E-state index contributed by atoms with van der Waals surface area (Å²) in [5.74, 6) is 0. The molecule has 0 aliphatic heterocycles. The van der Waals surface area contributed by atoms with E-state index in [9.17, 15) is 9.90 Å². The Morgan fingerprint density at radius 1 is 1.40 bits per heavy atom. The van der Waals surface area contributed by atoms with Crippen molar-refractivity contribution in [1.29, 1.82) is 0 Å². The lowest BCUT2D eigenvalue weighted by atomic mass is 10.2. The van der Waals surface area contributed by atoms with Gasteiger partial charge in [0.05, 0.1) is 11.3 Å². The standard InChI is InChI=1S/C14H25NO3SSi/c1-14(2,3)18-15(13(16)17)11-7-9-19-12(11)8-10-20(4,5)6/h7,9H,8,10H2,1-6H3,(H,16,17)/p-1. The van der Waals surface area contributed by atoms with Crippen molar-refractivity contribution in [3.8, 4) is 0 Å². The van der Waals surface area contributed by atoms with Crippen LogP contribution in [0.25, 0.3) is 0 Å². The molecule has 0 aliphatic carbocycles. The third kappa shape index (κ3) is 5.64. The number of carbonyl (C=O) groups excluding carboxylic acids is 1. The largest absolute Gasteiger partial charge is 0.528 e. The van der Waals surface area contributed by atoms with Gasteiger partial charge in [0.25, 0.3) is 0 Å². The second-order valence-corrected chi connectivity index (χ2v) is 13.7. The molecule has 0 fully saturated rings. The number of amides is 1. The van der Waals surface area contributed by atoms with Crippen molar-refractivity contribution in [3.63, 3.8) is 0 Å². The third-order valence-corrected chi connectivity index (χ3v) is 5.29. The minimum Gasteiger partial charge on any atom is -0.528 e. The maximum absolute atomic E-state index is 11.3. The summed E-state index contributed by atoms with van der Waals surface area (Å²) >= 11 is 1.57. The Morgan fingerprint density at radius 3 is 2.45 bits per heavy atom. The average Bonchev–Trinajstić information content (AvgIpc) is 2.68. The zero-order chi connectivity index (χ0) is 15.6. The summed E-state index contributed by atoms with van der Waals surface area (Å²) in [7, 11) is -1.16. The molecule has 0 atom stereocenters. The topological polar surface area (TPSA) is 52.6 Å². The second kappa shape index (κ2) is 6.28. The van der Waals surface area contributed by atoms with Gasteiger partial charge in [-0.05, 0) is 38.6 Å². The fraction of sp³-hybridized carbons (Fsp3) is 0.643. The van der Waals surface area contributed by atoms with Crippen LogP contribution in [-0.2, 0) is 11.3 Å². The van der Waals surface area contributed by atoms with Crippen molar-refractivity contribution in [2.75, 3.05) is 5.06 Å². The summed E-state index contributed by atoms with van der Waals surface area (Å²) in [4.78, 5) is 17.9. The summed E-state index contributed by atoms with van der Waals surface area (Å²) in [6.45, 7) is 12.4. The molecule has 1 aromatic heterocycles. The minimum absolute atomic E-state index is 0.585. The highest BCUT2D eigenvalue weighted by molar-refractivity contribution is 7.10. The molecule has 0 N–H and O–H groups in total. The maximum atomic E-state index is 11.3. The lowest BCUT2D eigenvalue weighted by Crippen LogP contribution is -2.45. The highest BCUT2D eigenvalue weighted by Crippen LogP contribution is 2.31. The van der Waals surface area contributed by atoms with Crippen molar-refractivity contribution in [1.82, 2.24) is 0 Å². The highest BCUT2D eigenvalue weighted by Gasteiger charge is 2.23. The van der Waals surface area contributed by atoms with Crippen LogP contribution in [0.15, 0.2) is 11.4 Å². The van der Waals surface area contributed by atoms with E-state index in [2.05, 4.69) is 19.6 Å². The van der Waals surface area contributed by atoms with Crippen LogP contribution in [0, 0.1) is 0 Å². The van der Waals surface area contributed by atoms with Gasteiger partial charge in [0, 0.05) is 13.0 Å². The van der Waals surface area contributed by atoms with Crippen LogP contribution in [0.5, 0.6) is 0 Å². The number of nitrogens with zero attached hydrogens (tertiary/aromatic N) is 1. The summed E-state index contributed by atoms with van der Waals surface area (Å²) in [5.41, 5.74) is 0.0149. The van der Waals surface area contributed by atoms with Crippen LogP contribution in [0.3, 0.4) is 0 Å². The second-order valence-electron chi connectivity index (χ2n) is 7.05. The molecule has 0 spiro atoms. The molecule has 1 rings (SSSR count). The fourth-order valence-electron chi connectivity index (χ4n) is 1.65. The molecule has 0 radical (unpaired) electrons. The third-order valence-electron chi connectivity index (χ3n) is 2.57. The normalized spacial score (nSPS) is 12.5. The average molecular weight is 315 g/mol. The van der Waals surface area contributed by atoms with E-state index in [-0.39, 0.29) is 0 Å². The van der Waals surface area contributed by atoms with E-state index in [1.807, 2.05) is 26.2 Å². The summed E-state index contributed by atoms with van der Waals surface area (Å²) in [5, 5.41) is 14.1. The van der Waals surface area contributed by atoms with Gasteiger partial charge in [-0.25, -0.2) is 5.06 Å². The smallest absolute Gasteiger partial charge is 0.168 e. The van der Waals surface area contributed by atoms with Gasteiger partial charge in [-0.3, -0.25) is 4.84 Å².